The molecule has 2 aromatic rings. The predicted octanol–water partition coefficient (Wildman–Crippen LogP) is 6.46. The molecule has 1 saturated carbocycles. The Labute approximate surface area is 246 Å². The van der Waals surface area contributed by atoms with Crippen LogP contribution in [0.2, 0.25) is 0 Å². The Morgan fingerprint density at radius 1 is 0.810 bits per heavy atom. The summed E-state index contributed by atoms with van der Waals surface area (Å²) in [7, 11) is 0. The molecule has 8 heteroatoms. The molecule has 1 aliphatic carbocycles. The van der Waals surface area contributed by atoms with Crippen molar-refractivity contribution >= 4 is 11.9 Å². The fourth-order valence-electron chi connectivity index (χ4n) is 5.23. The molecule has 226 valence electrons. The molecule has 3 rings (SSSR count). The smallest absolute Gasteiger partial charge is 0.335 e. The van der Waals surface area contributed by atoms with Crippen molar-refractivity contribution in [1.29, 1.82) is 0 Å². The minimum atomic E-state index is -1.60. The number of benzene rings is 2. The Bertz CT molecular complexity index is 1200. The Hall–Kier alpha value is -3.62. The molecule has 0 atom stereocenters. The third-order valence-electron chi connectivity index (χ3n) is 7.70. The Morgan fingerprint density at radius 3 is 1.81 bits per heavy atom. The number of ether oxygens (including phenoxy) is 2. The zero-order valence-corrected chi connectivity index (χ0v) is 24.0. The van der Waals surface area contributed by atoms with Gasteiger partial charge in [0, 0.05) is 12.8 Å². The van der Waals surface area contributed by atoms with E-state index < -0.39 is 31.2 Å². The molecule has 42 heavy (non-hydrogen) atoms. The first-order valence-corrected chi connectivity index (χ1v) is 14.4. The van der Waals surface area contributed by atoms with Gasteiger partial charge in [-0.05, 0) is 84.3 Å². The highest BCUT2D eigenvalue weighted by atomic mass is 19.3. The fraction of sp³-hybridized carbons (Fsp3) is 0.412. The number of carbonyl (C=O) groups excluding carboxylic acids is 2. The quantitative estimate of drug-likeness (QED) is 0.185. The van der Waals surface area contributed by atoms with Crippen molar-refractivity contribution in [2.45, 2.75) is 57.3 Å². The van der Waals surface area contributed by atoms with Crippen LogP contribution in [0.15, 0.2) is 78.9 Å². The van der Waals surface area contributed by atoms with Crippen LogP contribution in [0.25, 0.3) is 11.1 Å². The molecule has 6 nitrogen and oxygen atoms in total. The molecule has 1 aliphatic rings. The van der Waals surface area contributed by atoms with E-state index in [1.165, 1.54) is 5.56 Å². The van der Waals surface area contributed by atoms with E-state index in [-0.39, 0.29) is 24.4 Å². The van der Waals surface area contributed by atoms with Gasteiger partial charge in [-0.2, -0.15) is 8.78 Å². The molecule has 0 spiro atoms. The summed E-state index contributed by atoms with van der Waals surface area (Å²) in [6.45, 7) is 6.27. The second-order valence-electron chi connectivity index (χ2n) is 10.7. The van der Waals surface area contributed by atoms with Crippen molar-refractivity contribution < 1.29 is 38.1 Å². The lowest BCUT2D eigenvalue weighted by Crippen LogP contribution is -2.13. The number of aliphatic hydroxyl groups is 2. The maximum absolute atomic E-state index is 12.3. The molecule has 2 aromatic carbocycles. The van der Waals surface area contributed by atoms with E-state index >= 15 is 0 Å². The van der Waals surface area contributed by atoms with Gasteiger partial charge in [0.2, 0.25) is 0 Å². The van der Waals surface area contributed by atoms with E-state index in [1.807, 2.05) is 18.2 Å². The fourth-order valence-corrected chi connectivity index (χ4v) is 5.23. The van der Waals surface area contributed by atoms with Crippen molar-refractivity contribution in [3.8, 4) is 11.1 Å². The molecule has 0 aliphatic heterocycles. The van der Waals surface area contributed by atoms with Crippen LogP contribution in [0, 0.1) is 5.92 Å². The molecular formula is C34H40F2O6. The van der Waals surface area contributed by atoms with Crippen LogP contribution < -0.4 is 0 Å². The van der Waals surface area contributed by atoms with Gasteiger partial charge in [0.05, 0.1) is 37.6 Å². The zero-order chi connectivity index (χ0) is 30.5. The van der Waals surface area contributed by atoms with Gasteiger partial charge in [-0.25, -0.2) is 9.59 Å². The maximum atomic E-state index is 12.3. The van der Waals surface area contributed by atoms with Crippen LogP contribution in [-0.2, 0) is 31.9 Å². The van der Waals surface area contributed by atoms with Crippen LogP contribution in [0.4, 0.5) is 8.78 Å². The molecule has 0 aromatic heterocycles. The highest BCUT2D eigenvalue weighted by molar-refractivity contribution is 5.88. The van der Waals surface area contributed by atoms with Gasteiger partial charge in [0.25, 0.3) is 6.08 Å². The number of hydrogen-bond acceptors (Lipinski definition) is 6. The number of aliphatic hydroxyl groups excluding tert-OH is 2. The van der Waals surface area contributed by atoms with E-state index in [2.05, 4.69) is 37.4 Å². The van der Waals surface area contributed by atoms with Gasteiger partial charge >= 0.3 is 11.9 Å². The molecular weight excluding hydrogens is 542 g/mol. The molecule has 0 saturated heterocycles. The van der Waals surface area contributed by atoms with Gasteiger partial charge < -0.3 is 19.7 Å². The first-order valence-electron chi connectivity index (χ1n) is 14.4. The monoisotopic (exact) mass is 582 g/mol. The Balaban J connectivity index is 1.68. The Kier molecular flexibility index (Phi) is 13.1. The summed E-state index contributed by atoms with van der Waals surface area (Å²) in [6.07, 6.45) is 5.76. The molecule has 1 fully saturated rings. The second kappa shape index (κ2) is 16.7. The normalized spacial score (nSPS) is 16.4. The predicted molar refractivity (Wildman–Crippen MR) is 158 cm³/mol. The van der Waals surface area contributed by atoms with E-state index in [9.17, 15) is 18.4 Å². The van der Waals surface area contributed by atoms with Crippen LogP contribution in [0.1, 0.15) is 61.1 Å². The summed E-state index contributed by atoms with van der Waals surface area (Å²) in [5.41, 5.74) is 5.12. The van der Waals surface area contributed by atoms with E-state index in [0.29, 0.717) is 31.1 Å². The standard InChI is InChI=1S/C34H40F2O6/c1-23(21-37)33(39)41-16-14-26-18-27(15-17-42-34(40)24(2)22-38)20-31(19-26)30-12-10-29(11-13-30)28-8-6-25(7-9-28)4-3-5-32(35)36/h5,10-13,18-20,25,28,37-38H,1-4,6-9,14-17,21-22H2. The largest absolute Gasteiger partial charge is 0.462 e. The zero-order valence-electron chi connectivity index (χ0n) is 24.0. The lowest BCUT2D eigenvalue weighted by atomic mass is 9.77. The molecule has 0 unspecified atom stereocenters. The number of esters is 2. The lowest BCUT2D eigenvalue weighted by Gasteiger charge is -2.28. The third-order valence-corrected chi connectivity index (χ3v) is 7.70. The van der Waals surface area contributed by atoms with Gasteiger partial charge in [0.15, 0.2) is 0 Å². The molecule has 0 bridgehead atoms. The summed E-state index contributed by atoms with van der Waals surface area (Å²) in [5.74, 6) is -0.323. The van der Waals surface area contributed by atoms with E-state index in [1.54, 1.807) is 0 Å². The van der Waals surface area contributed by atoms with Crippen LogP contribution in [-0.4, -0.2) is 48.6 Å². The minimum Gasteiger partial charge on any atom is -0.462 e. The minimum absolute atomic E-state index is 0.00589. The van der Waals surface area contributed by atoms with Crippen molar-refractivity contribution in [2.24, 2.45) is 5.92 Å². The highest BCUT2D eigenvalue weighted by Gasteiger charge is 2.22. The summed E-state index contributed by atoms with van der Waals surface area (Å²) in [6, 6.07) is 14.5. The van der Waals surface area contributed by atoms with Crippen molar-refractivity contribution in [1.82, 2.24) is 0 Å². The number of hydrogen-bond donors (Lipinski definition) is 2. The number of rotatable bonds is 15. The summed E-state index contributed by atoms with van der Waals surface area (Å²) >= 11 is 0. The van der Waals surface area contributed by atoms with Crippen LogP contribution in [0.5, 0.6) is 0 Å². The average Bonchev–Trinajstić information content (AvgIpc) is 3.00. The van der Waals surface area contributed by atoms with Gasteiger partial charge in [0.1, 0.15) is 0 Å². The van der Waals surface area contributed by atoms with Crippen LogP contribution in [0.3, 0.4) is 0 Å². The average molecular weight is 583 g/mol. The second-order valence-corrected chi connectivity index (χ2v) is 10.7. The highest BCUT2D eigenvalue weighted by Crippen LogP contribution is 2.38. The number of allylic oxidation sites excluding steroid dienone is 1. The van der Waals surface area contributed by atoms with Gasteiger partial charge in [-0.1, -0.05) is 55.6 Å². The summed E-state index contributed by atoms with van der Waals surface area (Å²) < 4.78 is 35.1. The molecule has 2 N–H and O–H groups in total. The summed E-state index contributed by atoms with van der Waals surface area (Å²) in [5, 5.41) is 18.1. The number of carbonyl (C=O) groups is 2. The van der Waals surface area contributed by atoms with Crippen molar-refractivity contribution in [2.75, 3.05) is 26.4 Å². The number of halogens is 2. The van der Waals surface area contributed by atoms with Crippen molar-refractivity contribution in [3.63, 3.8) is 0 Å². The Morgan fingerprint density at radius 2 is 1.33 bits per heavy atom. The summed E-state index contributed by atoms with van der Waals surface area (Å²) in [4.78, 5) is 23.7. The molecule has 0 amide bonds. The molecule has 0 radical (unpaired) electrons. The van der Waals surface area contributed by atoms with Gasteiger partial charge in [-0.3, -0.25) is 0 Å². The van der Waals surface area contributed by atoms with E-state index in [0.717, 1.165) is 60.4 Å². The maximum Gasteiger partial charge on any atom is 0.335 e. The first-order chi connectivity index (χ1) is 20.2. The van der Waals surface area contributed by atoms with Gasteiger partial charge in [-0.15, -0.1) is 0 Å². The lowest BCUT2D eigenvalue weighted by molar-refractivity contribution is -0.140. The van der Waals surface area contributed by atoms with E-state index in [4.69, 9.17) is 19.7 Å². The first kappa shape index (κ1) is 32.9. The SMILES string of the molecule is C=C(CO)C(=O)OCCc1cc(CCOC(=O)C(=C)CO)cc(-c2ccc(C3CCC(CCC=C(F)F)CC3)cc2)c1. The molecule has 0 heterocycles. The topological polar surface area (TPSA) is 93.1 Å². The van der Waals surface area contributed by atoms with Crippen molar-refractivity contribution in [3.05, 3.63) is 95.6 Å². The third kappa shape index (κ3) is 10.3. The van der Waals surface area contributed by atoms with Crippen LogP contribution >= 0.6 is 0 Å².